The second-order valence-corrected chi connectivity index (χ2v) is 9.31. The van der Waals surface area contributed by atoms with E-state index in [1.54, 1.807) is 14.2 Å². The summed E-state index contributed by atoms with van der Waals surface area (Å²) < 4.78 is 24.3. The fourth-order valence-corrected chi connectivity index (χ4v) is 4.34. The molecule has 2 aromatic rings. The zero-order chi connectivity index (χ0) is 23.9. The predicted molar refractivity (Wildman–Crippen MR) is 132 cm³/mol. The van der Waals surface area contributed by atoms with E-state index in [0.29, 0.717) is 24.9 Å². The van der Waals surface area contributed by atoms with Crippen LogP contribution in [0.4, 0.5) is 0 Å². The minimum Gasteiger partial charge on any atom is -0.490 e. The Hall–Kier alpha value is -1.75. The molecule has 0 atom stereocenters. The van der Waals surface area contributed by atoms with Crippen LogP contribution in [0.3, 0.4) is 0 Å². The van der Waals surface area contributed by atoms with Crippen LogP contribution in [0.2, 0.25) is 0 Å². The van der Waals surface area contributed by atoms with Crippen molar-refractivity contribution >= 4 is 11.6 Å². The van der Waals surface area contributed by atoms with E-state index >= 15 is 0 Å². The van der Waals surface area contributed by atoms with E-state index in [-0.39, 0.29) is 0 Å². The summed E-state index contributed by atoms with van der Waals surface area (Å²) in [6.45, 7) is 13.4. The first kappa shape index (κ1) is 26.5. The largest absolute Gasteiger partial charge is 0.490 e. The lowest BCUT2D eigenvalue weighted by atomic mass is 9.84. The molecule has 0 aromatic heterocycles. The van der Waals surface area contributed by atoms with Crippen molar-refractivity contribution in [2.45, 2.75) is 66.1 Å². The average molecular weight is 463 g/mol. The van der Waals surface area contributed by atoms with E-state index in [0.717, 1.165) is 52.3 Å². The van der Waals surface area contributed by atoms with Crippen molar-refractivity contribution in [3.05, 3.63) is 52.6 Å². The predicted octanol–water partition coefficient (Wildman–Crippen LogP) is 7.48. The summed E-state index contributed by atoms with van der Waals surface area (Å²) in [7, 11) is 3.15. The van der Waals surface area contributed by atoms with Crippen LogP contribution in [-0.2, 0) is 34.0 Å². The normalized spacial score (nSPS) is 12.0. The van der Waals surface area contributed by atoms with Gasteiger partial charge in [0.05, 0.1) is 6.61 Å². The lowest BCUT2D eigenvalue weighted by molar-refractivity contribution is -0.149. The third-order valence-electron chi connectivity index (χ3n) is 5.38. The number of para-hydroxylation sites is 1. The Morgan fingerprint density at radius 3 is 1.84 bits per heavy atom. The maximum atomic E-state index is 6.96. The van der Waals surface area contributed by atoms with Crippen LogP contribution < -0.4 is 9.47 Å². The topological polar surface area (TPSA) is 36.9 Å². The van der Waals surface area contributed by atoms with Crippen LogP contribution in [0, 0.1) is 11.8 Å². The molecule has 0 saturated heterocycles. The average Bonchev–Trinajstić information content (AvgIpc) is 2.76. The molecule has 0 amide bonds. The van der Waals surface area contributed by atoms with Gasteiger partial charge in [-0.1, -0.05) is 64.4 Å². The van der Waals surface area contributed by atoms with Gasteiger partial charge in [-0.25, -0.2) is 0 Å². The Bertz CT molecular complexity index is 858. The molecule has 2 rings (SSSR count). The van der Waals surface area contributed by atoms with Gasteiger partial charge >= 0.3 is 0 Å². The molecule has 0 aliphatic carbocycles. The van der Waals surface area contributed by atoms with Gasteiger partial charge in [-0.3, -0.25) is 0 Å². The van der Waals surface area contributed by atoms with Crippen molar-refractivity contribution < 1.29 is 18.9 Å². The first-order valence-corrected chi connectivity index (χ1v) is 12.0. The molecular formula is C27H39ClO4. The molecule has 178 valence electrons. The van der Waals surface area contributed by atoms with E-state index in [1.807, 2.05) is 37.3 Å². The summed E-state index contributed by atoms with van der Waals surface area (Å²) in [6.07, 6.45) is 2.34. The van der Waals surface area contributed by atoms with Crippen LogP contribution in [0.1, 0.15) is 63.8 Å². The lowest BCUT2D eigenvalue weighted by Gasteiger charge is -2.33. The molecule has 0 N–H and O–H groups in total. The van der Waals surface area contributed by atoms with Crippen LogP contribution >= 0.6 is 11.6 Å². The molecule has 32 heavy (non-hydrogen) atoms. The van der Waals surface area contributed by atoms with Gasteiger partial charge < -0.3 is 18.9 Å². The second kappa shape index (κ2) is 11.9. The second-order valence-electron chi connectivity index (χ2n) is 8.81. The number of hydrogen-bond acceptors (Lipinski definition) is 4. The summed E-state index contributed by atoms with van der Waals surface area (Å²) in [4.78, 5) is 0. The zero-order valence-electron chi connectivity index (χ0n) is 20.9. The van der Waals surface area contributed by atoms with E-state index in [1.165, 1.54) is 0 Å². The molecule has 0 radical (unpaired) electrons. The van der Waals surface area contributed by atoms with E-state index in [9.17, 15) is 0 Å². The molecule has 0 aliphatic rings. The molecule has 2 aromatic carbocycles. The number of hydrogen-bond donors (Lipinski definition) is 0. The van der Waals surface area contributed by atoms with Gasteiger partial charge in [-0.05, 0) is 55.7 Å². The highest BCUT2D eigenvalue weighted by Crippen LogP contribution is 2.49. The van der Waals surface area contributed by atoms with Crippen LogP contribution in [0.5, 0.6) is 17.2 Å². The molecule has 4 nitrogen and oxygen atoms in total. The fraction of sp³-hybridized carbons (Fsp3) is 0.556. The number of halogens is 1. The van der Waals surface area contributed by atoms with E-state index in [4.69, 9.17) is 30.5 Å². The monoisotopic (exact) mass is 462 g/mol. The Morgan fingerprint density at radius 1 is 0.812 bits per heavy atom. The molecule has 0 aliphatic heterocycles. The van der Waals surface area contributed by atoms with Crippen LogP contribution in [0.15, 0.2) is 30.3 Å². The Labute approximate surface area is 199 Å². The van der Waals surface area contributed by atoms with Gasteiger partial charge in [0, 0.05) is 30.9 Å². The minimum atomic E-state index is -1.40. The van der Waals surface area contributed by atoms with Gasteiger partial charge in [-0.15, -0.1) is 0 Å². The smallest absolute Gasteiger partial charge is 0.276 e. The van der Waals surface area contributed by atoms with Crippen molar-refractivity contribution in [2.24, 2.45) is 11.8 Å². The minimum absolute atomic E-state index is 0.404. The summed E-state index contributed by atoms with van der Waals surface area (Å²) >= 11 is 6.96. The van der Waals surface area contributed by atoms with Gasteiger partial charge in [0.2, 0.25) is 0 Å². The van der Waals surface area contributed by atoms with Gasteiger partial charge in [0.25, 0.3) is 5.25 Å². The number of ether oxygens (including phenoxy) is 4. The van der Waals surface area contributed by atoms with Crippen LogP contribution in [0.25, 0.3) is 0 Å². The third-order valence-corrected chi connectivity index (χ3v) is 5.87. The highest BCUT2D eigenvalue weighted by molar-refractivity contribution is 6.22. The Morgan fingerprint density at radius 2 is 1.38 bits per heavy atom. The van der Waals surface area contributed by atoms with Gasteiger partial charge in [0.1, 0.15) is 5.75 Å². The van der Waals surface area contributed by atoms with Crippen molar-refractivity contribution in [1.82, 2.24) is 0 Å². The van der Waals surface area contributed by atoms with Gasteiger partial charge in [-0.2, -0.15) is 0 Å². The maximum Gasteiger partial charge on any atom is 0.276 e. The lowest BCUT2D eigenvalue weighted by Crippen LogP contribution is -2.29. The maximum absolute atomic E-state index is 6.96. The Kier molecular flexibility index (Phi) is 9.87. The number of methoxy groups -OCH3 is 2. The SMILES string of the molecule is CCOc1c(CC)c(C(Cl)(OC)OC)c(CC(C)C)c(CC(C)C)c1Oc1ccccc1. The van der Waals surface area contributed by atoms with Gasteiger partial charge in [0.15, 0.2) is 11.5 Å². The summed E-state index contributed by atoms with van der Waals surface area (Å²) in [5.74, 6) is 3.08. The van der Waals surface area contributed by atoms with Crippen molar-refractivity contribution in [2.75, 3.05) is 20.8 Å². The first-order chi connectivity index (χ1) is 15.2. The van der Waals surface area contributed by atoms with Crippen molar-refractivity contribution in [1.29, 1.82) is 0 Å². The summed E-state index contributed by atoms with van der Waals surface area (Å²) in [6, 6.07) is 9.86. The van der Waals surface area contributed by atoms with Crippen molar-refractivity contribution in [3.63, 3.8) is 0 Å². The molecule has 5 heteroatoms. The standard InChI is InChI=1S/C27H39ClO4/c1-9-21-24(27(28,29-7)30-8)22(16-18(3)4)23(17-19(5)6)26(25(21)31-10-2)32-20-14-12-11-13-15-20/h11-15,18-19H,9-10,16-17H2,1-8H3. The molecule has 0 fully saturated rings. The number of alkyl halides is 1. The molecular weight excluding hydrogens is 424 g/mol. The number of rotatable bonds is 12. The van der Waals surface area contributed by atoms with E-state index < -0.39 is 5.25 Å². The summed E-state index contributed by atoms with van der Waals surface area (Å²) in [5.41, 5.74) is 4.03. The molecule has 0 spiro atoms. The highest BCUT2D eigenvalue weighted by atomic mass is 35.5. The summed E-state index contributed by atoms with van der Waals surface area (Å²) in [5, 5.41) is -1.40. The first-order valence-electron chi connectivity index (χ1n) is 11.6. The quantitative estimate of drug-likeness (QED) is 0.242. The third kappa shape index (κ3) is 5.98. The fourth-order valence-electron chi connectivity index (χ4n) is 4.11. The van der Waals surface area contributed by atoms with Crippen LogP contribution in [-0.4, -0.2) is 20.8 Å². The van der Waals surface area contributed by atoms with Crippen molar-refractivity contribution in [3.8, 4) is 17.2 Å². The molecule has 0 unspecified atom stereocenters. The highest BCUT2D eigenvalue weighted by Gasteiger charge is 2.39. The Balaban J connectivity index is 3.00. The van der Waals surface area contributed by atoms with E-state index in [2.05, 4.69) is 34.6 Å². The molecule has 0 saturated carbocycles. The zero-order valence-corrected chi connectivity index (χ0v) is 21.6. The molecule has 0 heterocycles. The molecule has 0 bridgehead atoms. The number of benzene rings is 2.